The predicted octanol–water partition coefficient (Wildman–Crippen LogP) is 6.57. The molecular formula is C31H26ClN3O5S. The van der Waals surface area contributed by atoms with Crippen LogP contribution in [-0.4, -0.2) is 34.6 Å². The summed E-state index contributed by atoms with van der Waals surface area (Å²) < 4.78 is 12.2. The van der Waals surface area contributed by atoms with Crippen molar-refractivity contribution in [2.45, 2.75) is 19.4 Å². The lowest BCUT2D eigenvalue weighted by molar-refractivity contribution is -0.124. The number of amides is 1. The first-order valence-corrected chi connectivity index (χ1v) is 14.1. The molecule has 1 unspecified atom stereocenters. The molecule has 10 heteroatoms. The van der Waals surface area contributed by atoms with Gasteiger partial charge in [0.15, 0.2) is 11.2 Å². The minimum Gasteiger partial charge on any atom is -0.497 e. The number of fused-ring (bicyclic) bond motifs is 1. The van der Waals surface area contributed by atoms with E-state index in [0.717, 1.165) is 11.3 Å². The Morgan fingerprint density at radius 2 is 1.66 bits per heavy atom. The molecule has 3 aromatic carbocycles. The number of aromatic nitrogens is 2. The number of anilines is 1. The van der Waals surface area contributed by atoms with Crippen LogP contribution in [0.1, 0.15) is 23.8 Å². The largest absolute Gasteiger partial charge is 0.497 e. The van der Waals surface area contributed by atoms with E-state index in [-0.39, 0.29) is 17.7 Å². The minimum atomic E-state index is -1.12. The van der Waals surface area contributed by atoms with Gasteiger partial charge >= 0.3 is 5.97 Å². The van der Waals surface area contributed by atoms with Crippen LogP contribution < -0.4 is 15.6 Å². The molecule has 5 rings (SSSR count). The SMILES string of the molecule is CCC(OC(=O)c1c(-c2ccc(Cl)cc2)c2ccccc2c(=O)n1C)C(=O)Nc1nc(-c2ccc(OC)cc2)cs1. The number of ether oxygens (including phenoxy) is 2. The number of nitrogens with zero attached hydrogens (tertiary/aromatic N) is 2. The van der Waals surface area contributed by atoms with Gasteiger partial charge in [-0.3, -0.25) is 14.9 Å². The molecule has 0 radical (unpaired) electrons. The first-order valence-electron chi connectivity index (χ1n) is 12.8. The van der Waals surface area contributed by atoms with Crippen molar-refractivity contribution in [1.82, 2.24) is 9.55 Å². The highest BCUT2D eigenvalue weighted by Crippen LogP contribution is 2.32. The molecule has 1 amide bonds. The molecule has 208 valence electrons. The smallest absolute Gasteiger partial charge is 0.356 e. The van der Waals surface area contributed by atoms with Gasteiger partial charge in [-0.15, -0.1) is 11.3 Å². The van der Waals surface area contributed by atoms with Gasteiger partial charge in [-0.2, -0.15) is 0 Å². The van der Waals surface area contributed by atoms with Crippen LogP contribution in [0, 0.1) is 0 Å². The number of carbonyl (C=O) groups excluding carboxylic acids is 2. The highest BCUT2D eigenvalue weighted by atomic mass is 35.5. The quantitative estimate of drug-likeness (QED) is 0.206. The highest BCUT2D eigenvalue weighted by molar-refractivity contribution is 7.14. The van der Waals surface area contributed by atoms with Crippen LogP contribution in [0.4, 0.5) is 5.13 Å². The lowest BCUT2D eigenvalue weighted by Gasteiger charge is -2.20. The zero-order valence-corrected chi connectivity index (χ0v) is 24.1. The topological polar surface area (TPSA) is 99.5 Å². The Morgan fingerprint density at radius 3 is 2.32 bits per heavy atom. The molecule has 0 aliphatic rings. The second-order valence-corrected chi connectivity index (χ2v) is 10.5. The van der Waals surface area contributed by atoms with Crippen LogP contribution >= 0.6 is 22.9 Å². The van der Waals surface area contributed by atoms with E-state index in [2.05, 4.69) is 10.3 Å². The molecule has 0 spiro atoms. The summed E-state index contributed by atoms with van der Waals surface area (Å²) in [6, 6.07) is 21.4. The van der Waals surface area contributed by atoms with E-state index in [1.165, 1.54) is 23.0 Å². The summed E-state index contributed by atoms with van der Waals surface area (Å²) in [4.78, 5) is 44.6. The third-order valence-electron chi connectivity index (χ3n) is 6.66. The standard InChI is InChI=1S/C31H26ClN3O5S/c1-4-25(28(36)34-31-33-24(17-41-31)18-11-15-21(39-3)16-12-18)40-30(38)27-26(19-9-13-20(32)14-10-19)22-7-5-6-8-23(22)29(37)35(27)2/h5-17,25H,4H2,1-3H3,(H,33,34,36). The van der Waals surface area contributed by atoms with Crippen LogP contribution in [0.15, 0.2) is 83.0 Å². The van der Waals surface area contributed by atoms with Crippen molar-refractivity contribution in [2.24, 2.45) is 7.05 Å². The zero-order chi connectivity index (χ0) is 29.1. The number of rotatable bonds is 8. The van der Waals surface area contributed by atoms with E-state index in [4.69, 9.17) is 21.1 Å². The number of pyridine rings is 1. The summed E-state index contributed by atoms with van der Waals surface area (Å²) in [5, 5.41) is 6.54. The molecule has 0 fully saturated rings. The number of halogens is 1. The molecule has 0 aliphatic heterocycles. The Hall–Kier alpha value is -4.47. The van der Waals surface area contributed by atoms with E-state index in [1.54, 1.807) is 62.6 Å². The Bertz CT molecular complexity index is 1800. The number of hydrogen-bond donors (Lipinski definition) is 1. The third kappa shape index (κ3) is 5.73. The third-order valence-corrected chi connectivity index (χ3v) is 7.67. The summed E-state index contributed by atoms with van der Waals surface area (Å²) >= 11 is 7.37. The molecule has 1 atom stereocenters. The van der Waals surface area contributed by atoms with Crippen LogP contribution in [0.5, 0.6) is 5.75 Å². The van der Waals surface area contributed by atoms with E-state index in [1.807, 2.05) is 29.6 Å². The summed E-state index contributed by atoms with van der Waals surface area (Å²) in [6.07, 6.45) is -0.901. The van der Waals surface area contributed by atoms with Crippen molar-refractivity contribution in [2.75, 3.05) is 12.4 Å². The molecule has 1 N–H and O–H groups in total. The summed E-state index contributed by atoms with van der Waals surface area (Å²) in [5.74, 6) is -0.580. The average molecular weight is 588 g/mol. The Morgan fingerprint density at radius 1 is 1.00 bits per heavy atom. The molecule has 5 aromatic rings. The molecule has 8 nitrogen and oxygen atoms in total. The molecule has 2 heterocycles. The normalized spacial score (nSPS) is 11.7. The zero-order valence-electron chi connectivity index (χ0n) is 22.5. The summed E-state index contributed by atoms with van der Waals surface area (Å²) in [6.45, 7) is 1.74. The Kier molecular flexibility index (Phi) is 8.19. The monoisotopic (exact) mass is 587 g/mol. The fraction of sp³-hybridized carbons (Fsp3) is 0.161. The van der Waals surface area contributed by atoms with Crippen molar-refractivity contribution < 1.29 is 19.1 Å². The van der Waals surface area contributed by atoms with Gasteiger partial charge < -0.3 is 14.0 Å². The van der Waals surface area contributed by atoms with Crippen LogP contribution in [0.2, 0.25) is 5.02 Å². The molecule has 2 aromatic heterocycles. The van der Waals surface area contributed by atoms with Gasteiger partial charge in [0, 0.05) is 34.0 Å². The highest BCUT2D eigenvalue weighted by Gasteiger charge is 2.28. The van der Waals surface area contributed by atoms with Crippen LogP contribution in [-0.2, 0) is 16.6 Å². The number of nitrogens with one attached hydrogen (secondary N) is 1. The maximum atomic E-state index is 13.7. The second kappa shape index (κ2) is 12.0. The van der Waals surface area contributed by atoms with Crippen molar-refractivity contribution in [3.05, 3.63) is 99.2 Å². The van der Waals surface area contributed by atoms with Gasteiger partial charge in [0.2, 0.25) is 0 Å². The van der Waals surface area contributed by atoms with Crippen molar-refractivity contribution in [1.29, 1.82) is 0 Å². The Labute approximate surface area is 245 Å². The summed E-state index contributed by atoms with van der Waals surface area (Å²) in [5.41, 5.74) is 2.45. The molecular weight excluding hydrogens is 562 g/mol. The van der Waals surface area contributed by atoms with Gasteiger partial charge in [0.25, 0.3) is 11.5 Å². The second-order valence-electron chi connectivity index (χ2n) is 9.20. The van der Waals surface area contributed by atoms with Crippen LogP contribution in [0.3, 0.4) is 0 Å². The number of methoxy groups -OCH3 is 1. The van der Waals surface area contributed by atoms with E-state index >= 15 is 0 Å². The summed E-state index contributed by atoms with van der Waals surface area (Å²) in [7, 11) is 3.11. The van der Waals surface area contributed by atoms with Gasteiger partial charge in [-0.1, -0.05) is 48.9 Å². The average Bonchev–Trinajstić information content (AvgIpc) is 3.46. The fourth-order valence-corrected chi connectivity index (χ4v) is 5.38. The van der Waals surface area contributed by atoms with Gasteiger partial charge in [-0.25, -0.2) is 9.78 Å². The molecule has 0 aliphatic carbocycles. The number of hydrogen-bond acceptors (Lipinski definition) is 7. The lowest BCUT2D eigenvalue weighted by atomic mass is 9.96. The van der Waals surface area contributed by atoms with E-state index < -0.39 is 18.0 Å². The first kappa shape index (κ1) is 28.1. The van der Waals surface area contributed by atoms with Crippen molar-refractivity contribution >= 4 is 50.7 Å². The minimum absolute atomic E-state index is 0.0401. The van der Waals surface area contributed by atoms with Crippen molar-refractivity contribution in [3.8, 4) is 28.1 Å². The number of benzene rings is 3. The predicted molar refractivity (Wildman–Crippen MR) is 162 cm³/mol. The fourth-order valence-electron chi connectivity index (χ4n) is 4.53. The van der Waals surface area contributed by atoms with E-state index in [0.29, 0.717) is 37.7 Å². The molecule has 41 heavy (non-hydrogen) atoms. The van der Waals surface area contributed by atoms with Gasteiger partial charge in [0.05, 0.1) is 12.8 Å². The maximum absolute atomic E-state index is 13.7. The first-order chi connectivity index (χ1) is 19.8. The Balaban J connectivity index is 1.43. The van der Waals surface area contributed by atoms with E-state index in [9.17, 15) is 14.4 Å². The van der Waals surface area contributed by atoms with Crippen molar-refractivity contribution in [3.63, 3.8) is 0 Å². The lowest BCUT2D eigenvalue weighted by Crippen LogP contribution is -2.34. The molecule has 0 bridgehead atoms. The number of carbonyl (C=O) groups is 2. The number of thiazole rings is 1. The molecule has 0 saturated heterocycles. The van der Waals surface area contributed by atoms with Gasteiger partial charge in [-0.05, 0) is 59.8 Å². The molecule has 0 saturated carbocycles. The van der Waals surface area contributed by atoms with Crippen LogP contribution in [0.25, 0.3) is 33.2 Å². The number of esters is 1. The maximum Gasteiger partial charge on any atom is 0.356 e. The van der Waals surface area contributed by atoms with Gasteiger partial charge in [0.1, 0.15) is 11.4 Å².